The molecule has 0 spiro atoms. The second-order valence-corrected chi connectivity index (χ2v) is 7.63. The molecule has 0 aromatic rings. The quantitative estimate of drug-likeness (QED) is 0.783. The molecule has 0 saturated heterocycles. The molecular formula is C17H31N. The van der Waals surface area contributed by atoms with Crippen LogP contribution in [0.25, 0.3) is 0 Å². The van der Waals surface area contributed by atoms with Gasteiger partial charge in [-0.1, -0.05) is 26.7 Å². The van der Waals surface area contributed by atoms with Gasteiger partial charge in [-0.2, -0.15) is 0 Å². The van der Waals surface area contributed by atoms with E-state index in [1.54, 1.807) is 0 Å². The van der Waals surface area contributed by atoms with Crippen molar-refractivity contribution in [3.8, 4) is 0 Å². The predicted octanol–water partition coefficient (Wildman–Crippen LogP) is 4.37. The molecule has 0 aromatic carbocycles. The fourth-order valence-electron chi connectivity index (χ4n) is 4.59. The largest absolute Gasteiger partial charge is 0.311 e. The van der Waals surface area contributed by atoms with E-state index in [9.17, 15) is 0 Å². The van der Waals surface area contributed by atoms with Gasteiger partial charge in [0.05, 0.1) is 0 Å². The maximum Gasteiger partial charge on any atom is 0.00954 e. The Morgan fingerprint density at radius 3 is 2.33 bits per heavy atom. The van der Waals surface area contributed by atoms with Crippen LogP contribution in [0.15, 0.2) is 0 Å². The van der Waals surface area contributed by atoms with Gasteiger partial charge in [-0.3, -0.25) is 0 Å². The lowest BCUT2D eigenvalue weighted by Gasteiger charge is -2.38. The zero-order chi connectivity index (χ0) is 12.5. The first kappa shape index (κ1) is 13.0. The van der Waals surface area contributed by atoms with Gasteiger partial charge in [-0.15, -0.1) is 0 Å². The molecular weight excluding hydrogens is 218 g/mol. The zero-order valence-electron chi connectivity index (χ0n) is 12.3. The van der Waals surface area contributed by atoms with Gasteiger partial charge >= 0.3 is 0 Å². The molecule has 3 saturated carbocycles. The van der Waals surface area contributed by atoms with Crippen molar-refractivity contribution in [1.29, 1.82) is 0 Å². The number of rotatable bonds is 3. The van der Waals surface area contributed by atoms with Crippen LogP contribution in [0.5, 0.6) is 0 Å². The van der Waals surface area contributed by atoms with Crippen molar-refractivity contribution in [3.63, 3.8) is 0 Å². The minimum atomic E-state index is 0.823. The number of nitrogens with one attached hydrogen (secondary N) is 1. The van der Waals surface area contributed by atoms with Gasteiger partial charge in [0.15, 0.2) is 0 Å². The van der Waals surface area contributed by atoms with Crippen LogP contribution in [0.1, 0.15) is 71.6 Å². The second kappa shape index (κ2) is 5.53. The lowest BCUT2D eigenvalue weighted by molar-refractivity contribution is 0.179. The third kappa shape index (κ3) is 3.10. The lowest BCUT2D eigenvalue weighted by Crippen LogP contribution is -2.46. The van der Waals surface area contributed by atoms with Crippen LogP contribution in [0.3, 0.4) is 0 Å². The molecule has 3 rings (SSSR count). The molecule has 0 amide bonds. The van der Waals surface area contributed by atoms with E-state index in [4.69, 9.17) is 0 Å². The molecule has 5 unspecified atom stereocenters. The highest BCUT2D eigenvalue weighted by atomic mass is 15.0. The minimum Gasteiger partial charge on any atom is -0.311 e. The Kier molecular flexibility index (Phi) is 3.98. The zero-order valence-corrected chi connectivity index (χ0v) is 12.3. The van der Waals surface area contributed by atoms with Crippen molar-refractivity contribution in [1.82, 2.24) is 5.32 Å². The van der Waals surface area contributed by atoms with Gasteiger partial charge in [0.25, 0.3) is 0 Å². The highest BCUT2D eigenvalue weighted by molar-refractivity contribution is 4.90. The molecule has 104 valence electrons. The standard InChI is InChI=1S/C17H31N/c1-12-6-9-17(13(2)10-12)18-16-5-3-4-15(11-16)14-7-8-14/h12-18H,3-11H2,1-2H3. The number of hydrogen-bond acceptors (Lipinski definition) is 1. The van der Waals surface area contributed by atoms with Crippen molar-refractivity contribution in [2.45, 2.75) is 83.7 Å². The summed E-state index contributed by atoms with van der Waals surface area (Å²) in [5.41, 5.74) is 0. The minimum absolute atomic E-state index is 0.823. The molecule has 1 N–H and O–H groups in total. The summed E-state index contributed by atoms with van der Waals surface area (Å²) in [5.74, 6) is 4.06. The maximum absolute atomic E-state index is 4.04. The molecule has 0 aromatic heterocycles. The Morgan fingerprint density at radius 1 is 0.778 bits per heavy atom. The predicted molar refractivity (Wildman–Crippen MR) is 77.6 cm³/mol. The molecule has 5 atom stereocenters. The van der Waals surface area contributed by atoms with Gasteiger partial charge in [0.1, 0.15) is 0 Å². The van der Waals surface area contributed by atoms with E-state index in [-0.39, 0.29) is 0 Å². The maximum atomic E-state index is 4.04. The molecule has 1 nitrogen and oxygen atoms in total. The van der Waals surface area contributed by atoms with Crippen LogP contribution in [0.4, 0.5) is 0 Å². The average molecular weight is 249 g/mol. The molecule has 18 heavy (non-hydrogen) atoms. The molecule has 0 aliphatic heterocycles. The van der Waals surface area contributed by atoms with Crippen LogP contribution in [-0.2, 0) is 0 Å². The van der Waals surface area contributed by atoms with Crippen LogP contribution in [-0.4, -0.2) is 12.1 Å². The summed E-state index contributed by atoms with van der Waals surface area (Å²) in [6.07, 6.45) is 13.3. The first-order valence-corrected chi connectivity index (χ1v) is 8.48. The Bertz CT molecular complexity index is 271. The molecule has 0 heterocycles. The first-order chi connectivity index (χ1) is 8.72. The fourth-order valence-corrected chi connectivity index (χ4v) is 4.59. The molecule has 0 bridgehead atoms. The Balaban J connectivity index is 1.49. The van der Waals surface area contributed by atoms with Crippen LogP contribution >= 0.6 is 0 Å². The average Bonchev–Trinajstić information content (AvgIpc) is 3.17. The summed E-state index contributed by atoms with van der Waals surface area (Å²) in [5, 5.41) is 4.04. The monoisotopic (exact) mass is 249 g/mol. The highest BCUT2D eigenvalue weighted by Crippen LogP contribution is 2.44. The van der Waals surface area contributed by atoms with Crippen molar-refractivity contribution in [2.75, 3.05) is 0 Å². The molecule has 3 aliphatic rings. The SMILES string of the molecule is CC1CCC(NC2CCCC(C3CC3)C2)C(C)C1. The third-order valence-corrected chi connectivity index (χ3v) is 5.88. The molecule has 3 aliphatic carbocycles. The van der Waals surface area contributed by atoms with E-state index in [1.165, 1.54) is 57.8 Å². The van der Waals surface area contributed by atoms with E-state index in [1.807, 2.05) is 0 Å². The van der Waals surface area contributed by atoms with Gasteiger partial charge in [-0.25, -0.2) is 0 Å². The lowest BCUT2D eigenvalue weighted by atomic mass is 9.78. The molecule has 0 radical (unpaired) electrons. The van der Waals surface area contributed by atoms with Crippen molar-refractivity contribution < 1.29 is 0 Å². The molecule has 1 heteroatoms. The van der Waals surface area contributed by atoms with E-state index in [0.717, 1.165) is 35.8 Å². The normalized spacial score (nSPS) is 46.0. The Hall–Kier alpha value is -0.0400. The fraction of sp³-hybridized carbons (Fsp3) is 1.00. The summed E-state index contributed by atoms with van der Waals surface area (Å²) in [6, 6.07) is 1.68. The summed E-state index contributed by atoms with van der Waals surface area (Å²) < 4.78 is 0. The first-order valence-electron chi connectivity index (χ1n) is 8.48. The highest BCUT2D eigenvalue weighted by Gasteiger charge is 2.36. The van der Waals surface area contributed by atoms with Crippen molar-refractivity contribution in [2.24, 2.45) is 23.7 Å². The Morgan fingerprint density at radius 2 is 1.61 bits per heavy atom. The number of hydrogen-bond donors (Lipinski definition) is 1. The van der Waals surface area contributed by atoms with Gasteiger partial charge in [0, 0.05) is 12.1 Å². The summed E-state index contributed by atoms with van der Waals surface area (Å²) in [6.45, 7) is 4.89. The van der Waals surface area contributed by atoms with Gasteiger partial charge in [0.2, 0.25) is 0 Å². The van der Waals surface area contributed by atoms with Crippen LogP contribution in [0.2, 0.25) is 0 Å². The summed E-state index contributed by atoms with van der Waals surface area (Å²) in [4.78, 5) is 0. The van der Waals surface area contributed by atoms with E-state index < -0.39 is 0 Å². The van der Waals surface area contributed by atoms with Crippen LogP contribution < -0.4 is 5.32 Å². The van der Waals surface area contributed by atoms with Crippen molar-refractivity contribution in [3.05, 3.63) is 0 Å². The van der Waals surface area contributed by atoms with Gasteiger partial charge < -0.3 is 5.32 Å². The van der Waals surface area contributed by atoms with E-state index >= 15 is 0 Å². The van der Waals surface area contributed by atoms with Gasteiger partial charge in [-0.05, 0) is 68.6 Å². The summed E-state index contributed by atoms with van der Waals surface area (Å²) in [7, 11) is 0. The molecule has 3 fully saturated rings. The summed E-state index contributed by atoms with van der Waals surface area (Å²) >= 11 is 0. The van der Waals surface area contributed by atoms with Crippen LogP contribution in [0, 0.1) is 23.7 Å². The Labute approximate surface area is 113 Å². The van der Waals surface area contributed by atoms with E-state index in [2.05, 4.69) is 19.2 Å². The van der Waals surface area contributed by atoms with Crippen molar-refractivity contribution >= 4 is 0 Å². The topological polar surface area (TPSA) is 12.0 Å². The smallest absolute Gasteiger partial charge is 0.00954 e. The second-order valence-electron chi connectivity index (χ2n) is 7.63. The van der Waals surface area contributed by atoms with E-state index in [0.29, 0.717) is 0 Å². The third-order valence-electron chi connectivity index (χ3n) is 5.88.